The van der Waals surface area contributed by atoms with Crippen LogP contribution in [0.4, 0.5) is 5.88 Å². The number of nitrogen functional groups attached to an aromatic ring is 1. The molecular weight excluding hydrogens is 224 g/mol. The van der Waals surface area contributed by atoms with Gasteiger partial charge in [0.15, 0.2) is 11.5 Å². The lowest BCUT2D eigenvalue weighted by atomic mass is 10.1. The van der Waals surface area contributed by atoms with Gasteiger partial charge in [-0.2, -0.15) is 0 Å². The largest absolute Gasteiger partial charge is 0.504 e. The molecule has 3 N–H and O–H groups in total. The molecule has 0 amide bonds. The smallest absolute Gasteiger partial charge is 0.230 e. The van der Waals surface area contributed by atoms with Gasteiger partial charge in [-0.3, -0.25) is 0 Å². The molecule has 0 atom stereocenters. The first-order valence-corrected chi connectivity index (χ1v) is 5.09. The first-order chi connectivity index (χ1) is 8.27. The third-order valence-electron chi connectivity index (χ3n) is 2.57. The number of fused-ring (bicyclic) bond motifs is 1. The number of phenols is 1. The summed E-state index contributed by atoms with van der Waals surface area (Å²) in [6, 6.07) is 3.40. The van der Waals surface area contributed by atoms with Crippen molar-refractivity contribution in [2.75, 3.05) is 18.9 Å². The van der Waals surface area contributed by atoms with E-state index in [-0.39, 0.29) is 11.6 Å². The maximum absolute atomic E-state index is 10.1. The minimum absolute atomic E-state index is 0.0166. The van der Waals surface area contributed by atoms with E-state index in [4.69, 9.17) is 19.7 Å². The van der Waals surface area contributed by atoms with Crippen molar-refractivity contribution in [3.05, 3.63) is 18.3 Å². The van der Waals surface area contributed by atoms with E-state index >= 15 is 0 Å². The Morgan fingerprint density at radius 2 is 2.00 bits per heavy atom. The number of anilines is 1. The van der Waals surface area contributed by atoms with Gasteiger partial charge in [-0.05, 0) is 12.1 Å². The van der Waals surface area contributed by atoms with E-state index in [1.165, 1.54) is 6.20 Å². The van der Waals surface area contributed by atoms with Gasteiger partial charge in [0, 0.05) is 5.56 Å². The molecule has 0 fully saturated rings. The highest BCUT2D eigenvalue weighted by atomic mass is 16.6. The Kier molecular flexibility index (Phi) is 2.07. The molecule has 0 saturated carbocycles. The van der Waals surface area contributed by atoms with E-state index in [9.17, 15) is 5.11 Å². The summed E-state index contributed by atoms with van der Waals surface area (Å²) in [6.07, 6.45) is 1.44. The van der Waals surface area contributed by atoms with E-state index in [1.807, 2.05) is 0 Å². The molecule has 88 valence electrons. The molecule has 1 aliphatic rings. The zero-order chi connectivity index (χ0) is 11.8. The van der Waals surface area contributed by atoms with E-state index < -0.39 is 0 Å². The minimum atomic E-state index is -0.0166. The van der Waals surface area contributed by atoms with Crippen LogP contribution in [-0.4, -0.2) is 23.5 Å². The molecule has 6 nitrogen and oxygen atoms in total. The van der Waals surface area contributed by atoms with Gasteiger partial charge in [-0.1, -0.05) is 5.16 Å². The quantitative estimate of drug-likeness (QED) is 0.775. The molecular formula is C11H10N2O4. The maximum atomic E-state index is 10.1. The van der Waals surface area contributed by atoms with Crippen LogP contribution >= 0.6 is 0 Å². The molecule has 0 aliphatic carbocycles. The summed E-state index contributed by atoms with van der Waals surface area (Å²) in [5.74, 6) is 0.982. The van der Waals surface area contributed by atoms with Gasteiger partial charge in [-0.15, -0.1) is 0 Å². The molecule has 0 bridgehead atoms. The summed E-state index contributed by atoms with van der Waals surface area (Å²) in [4.78, 5) is 0. The Morgan fingerprint density at radius 3 is 2.76 bits per heavy atom. The fourth-order valence-corrected chi connectivity index (χ4v) is 1.77. The number of hydrogen-bond acceptors (Lipinski definition) is 6. The van der Waals surface area contributed by atoms with Gasteiger partial charge in [0.25, 0.3) is 0 Å². The summed E-state index contributed by atoms with van der Waals surface area (Å²) in [7, 11) is 0. The molecule has 2 heterocycles. The van der Waals surface area contributed by atoms with Crippen molar-refractivity contribution in [1.29, 1.82) is 0 Å². The Hall–Kier alpha value is -2.37. The van der Waals surface area contributed by atoms with Crippen LogP contribution in [0.5, 0.6) is 17.2 Å². The van der Waals surface area contributed by atoms with E-state index in [0.717, 1.165) is 0 Å². The van der Waals surface area contributed by atoms with Crippen molar-refractivity contribution < 1.29 is 19.1 Å². The summed E-state index contributed by atoms with van der Waals surface area (Å²) in [5.41, 5.74) is 6.64. The van der Waals surface area contributed by atoms with E-state index in [0.29, 0.717) is 35.8 Å². The van der Waals surface area contributed by atoms with Crippen LogP contribution in [0.25, 0.3) is 11.1 Å². The lowest BCUT2D eigenvalue weighted by Crippen LogP contribution is -2.15. The van der Waals surface area contributed by atoms with Gasteiger partial charge in [0.05, 0.1) is 11.8 Å². The van der Waals surface area contributed by atoms with E-state index in [1.54, 1.807) is 12.1 Å². The second kappa shape index (κ2) is 3.58. The first-order valence-electron chi connectivity index (χ1n) is 5.09. The molecule has 2 aromatic rings. The van der Waals surface area contributed by atoms with Crippen molar-refractivity contribution in [3.8, 4) is 28.4 Å². The van der Waals surface area contributed by atoms with Gasteiger partial charge in [0.1, 0.15) is 13.2 Å². The Morgan fingerprint density at radius 1 is 1.18 bits per heavy atom. The zero-order valence-electron chi connectivity index (χ0n) is 8.84. The van der Waals surface area contributed by atoms with Gasteiger partial charge in [0.2, 0.25) is 11.6 Å². The molecule has 1 aromatic heterocycles. The number of ether oxygens (including phenoxy) is 2. The molecule has 3 rings (SSSR count). The van der Waals surface area contributed by atoms with E-state index in [2.05, 4.69) is 5.16 Å². The first kappa shape index (κ1) is 9.83. The lowest BCUT2D eigenvalue weighted by molar-refractivity contribution is 0.166. The highest BCUT2D eigenvalue weighted by Crippen LogP contribution is 2.45. The minimum Gasteiger partial charge on any atom is -0.504 e. The van der Waals surface area contributed by atoms with Crippen LogP contribution in [0.2, 0.25) is 0 Å². The molecule has 0 radical (unpaired) electrons. The second-order valence-electron chi connectivity index (χ2n) is 3.59. The third-order valence-corrected chi connectivity index (χ3v) is 2.57. The topological polar surface area (TPSA) is 90.7 Å². The van der Waals surface area contributed by atoms with Gasteiger partial charge < -0.3 is 24.8 Å². The molecule has 0 spiro atoms. The van der Waals surface area contributed by atoms with Crippen LogP contribution in [-0.2, 0) is 0 Å². The molecule has 0 unspecified atom stereocenters. The lowest BCUT2D eigenvalue weighted by Gasteiger charge is -2.20. The number of nitrogens with zero attached hydrogens (tertiary/aromatic N) is 1. The monoisotopic (exact) mass is 234 g/mol. The summed E-state index contributed by atoms with van der Waals surface area (Å²) in [5, 5.41) is 13.7. The third kappa shape index (κ3) is 1.45. The number of nitrogens with two attached hydrogens (primary N) is 1. The van der Waals surface area contributed by atoms with Crippen LogP contribution in [0.1, 0.15) is 0 Å². The fraction of sp³-hybridized carbons (Fsp3) is 0.182. The van der Waals surface area contributed by atoms with Crippen molar-refractivity contribution in [3.63, 3.8) is 0 Å². The van der Waals surface area contributed by atoms with Crippen LogP contribution < -0.4 is 15.2 Å². The van der Waals surface area contributed by atoms with Crippen molar-refractivity contribution in [2.45, 2.75) is 0 Å². The van der Waals surface area contributed by atoms with Crippen molar-refractivity contribution in [1.82, 2.24) is 5.16 Å². The number of hydrogen-bond donors (Lipinski definition) is 2. The maximum Gasteiger partial charge on any atom is 0.230 e. The molecule has 17 heavy (non-hydrogen) atoms. The van der Waals surface area contributed by atoms with Crippen LogP contribution in [0.3, 0.4) is 0 Å². The average molecular weight is 234 g/mol. The Balaban J connectivity index is 2.16. The Bertz CT molecular complexity index is 565. The predicted molar refractivity (Wildman–Crippen MR) is 59.0 cm³/mol. The number of phenolic OH excluding ortho intramolecular Hbond substituents is 1. The summed E-state index contributed by atoms with van der Waals surface area (Å²) < 4.78 is 15.5. The average Bonchev–Trinajstić information content (AvgIpc) is 2.76. The van der Waals surface area contributed by atoms with Crippen molar-refractivity contribution >= 4 is 5.88 Å². The zero-order valence-corrected chi connectivity index (χ0v) is 8.84. The standard InChI is InChI=1S/C11H10N2O4/c12-11-7(5-13-17-11)6-1-2-8-10(9(6)14)16-4-3-15-8/h1-2,5,14H,3-4,12H2. The number of benzene rings is 1. The molecule has 1 aromatic carbocycles. The summed E-state index contributed by atoms with van der Waals surface area (Å²) in [6.45, 7) is 0.879. The summed E-state index contributed by atoms with van der Waals surface area (Å²) >= 11 is 0. The molecule has 6 heteroatoms. The van der Waals surface area contributed by atoms with Crippen molar-refractivity contribution in [2.24, 2.45) is 0 Å². The fourth-order valence-electron chi connectivity index (χ4n) is 1.77. The normalized spacial score (nSPS) is 13.6. The number of aromatic hydroxyl groups is 1. The second-order valence-corrected chi connectivity index (χ2v) is 3.59. The molecule has 0 saturated heterocycles. The predicted octanol–water partition coefficient (Wildman–Crippen LogP) is 1.40. The van der Waals surface area contributed by atoms with Gasteiger partial charge >= 0.3 is 0 Å². The van der Waals surface area contributed by atoms with Gasteiger partial charge in [-0.25, -0.2) is 0 Å². The highest BCUT2D eigenvalue weighted by molar-refractivity contribution is 5.80. The number of rotatable bonds is 1. The molecule has 1 aliphatic heterocycles. The van der Waals surface area contributed by atoms with Crippen LogP contribution in [0, 0.1) is 0 Å². The SMILES string of the molecule is Nc1oncc1-c1ccc2c(c1O)OCCO2. The van der Waals surface area contributed by atoms with Crippen LogP contribution in [0.15, 0.2) is 22.9 Å². The Labute approximate surface area is 96.5 Å². The highest BCUT2D eigenvalue weighted by Gasteiger charge is 2.21. The number of aromatic nitrogens is 1.